The lowest BCUT2D eigenvalue weighted by Crippen LogP contribution is -2.41. The van der Waals surface area contributed by atoms with Crippen LogP contribution < -0.4 is 5.56 Å². The van der Waals surface area contributed by atoms with E-state index in [2.05, 4.69) is 0 Å². The molecule has 1 aliphatic rings. The van der Waals surface area contributed by atoms with Gasteiger partial charge in [-0.15, -0.1) is 0 Å². The summed E-state index contributed by atoms with van der Waals surface area (Å²) < 4.78 is 41.2. The summed E-state index contributed by atoms with van der Waals surface area (Å²) in [4.78, 5) is 12.1. The Morgan fingerprint density at radius 3 is 2.37 bits per heavy atom. The average Bonchev–Trinajstić information content (AvgIpc) is 2.81. The van der Waals surface area contributed by atoms with Crippen LogP contribution >= 0.6 is 0 Å². The van der Waals surface area contributed by atoms with E-state index >= 15 is 0 Å². The quantitative estimate of drug-likeness (QED) is 0.762. The van der Waals surface area contributed by atoms with E-state index in [1.807, 2.05) is 27.7 Å². The molecule has 0 amide bonds. The maximum atomic E-state index is 14.7. The normalized spacial score (nSPS) is 18.7. The van der Waals surface area contributed by atoms with Gasteiger partial charge in [-0.1, -0.05) is 18.2 Å². The summed E-state index contributed by atoms with van der Waals surface area (Å²) in [5.41, 5.74) is -1.35. The highest BCUT2D eigenvalue weighted by Gasteiger charge is 2.53. The number of benzene rings is 1. The van der Waals surface area contributed by atoms with Gasteiger partial charge in [0.25, 0.3) is 5.56 Å². The van der Waals surface area contributed by atoms with Crippen LogP contribution in [0.15, 0.2) is 53.1 Å². The monoisotopic (exact) mass is 373 g/mol. The fourth-order valence-electron chi connectivity index (χ4n) is 2.75. The molecule has 142 valence electrons. The Morgan fingerprint density at radius 2 is 1.74 bits per heavy atom. The van der Waals surface area contributed by atoms with E-state index in [0.29, 0.717) is 11.1 Å². The van der Waals surface area contributed by atoms with Crippen LogP contribution in [0.4, 0.5) is 8.78 Å². The van der Waals surface area contributed by atoms with E-state index in [4.69, 9.17) is 9.31 Å². The lowest BCUT2D eigenvalue weighted by atomic mass is 9.87. The first-order valence-electron chi connectivity index (χ1n) is 8.76. The van der Waals surface area contributed by atoms with Crippen molar-refractivity contribution < 1.29 is 18.1 Å². The molecule has 0 unspecified atom stereocenters. The van der Waals surface area contributed by atoms with Gasteiger partial charge in [-0.25, -0.2) is 8.78 Å². The molecule has 1 fully saturated rings. The Labute approximate surface area is 157 Å². The number of rotatable bonds is 4. The van der Waals surface area contributed by atoms with Crippen LogP contribution in [0.2, 0.25) is 0 Å². The predicted molar refractivity (Wildman–Crippen MR) is 101 cm³/mol. The molecule has 0 atom stereocenters. The van der Waals surface area contributed by atoms with Crippen LogP contribution in [0.25, 0.3) is 6.08 Å². The van der Waals surface area contributed by atoms with E-state index in [1.165, 1.54) is 35.0 Å². The van der Waals surface area contributed by atoms with Crippen molar-refractivity contribution in [2.75, 3.05) is 0 Å². The van der Waals surface area contributed by atoms with Crippen molar-refractivity contribution in [3.63, 3.8) is 0 Å². The minimum Gasteiger partial charge on any atom is -0.398 e. The number of halogens is 2. The third kappa shape index (κ3) is 4.04. The standard InChI is InChI=1S/C20H22BF2NO3/c1-19(2)20(3,4)27-21(26-19)17(23)11-14-9-10-18(25)24(12-14)13-15-7-5-6-8-16(15)22/h5-12H,13H2,1-4H3. The Kier molecular flexibility index (Phi) is 5.10. The van der Waals surface area contributed by atoms with Crippen molar-refractivity contribution in [3.05, 3.63) is 75.6 Å². The lowest BCUT2D eigenvalue weighted by molar-refractivity contribution is 0.00578. The van der Waals surface area contributed by atoms with E-state index in [9.17, 15) is 13.6 Å². The van der Waals surface area contributed by atoms with Gasteiger partial charge < -0.3 is 13.9 Å². The second-order valence-corrected chi connectivity index (χ2v) is 7.64. The van der Waals surface area contributed by atoms with Crippen molar-refractivity contribution in [2.24, 2.45) is 0 Å². The van der Waals surface area contributed by atoms with Gasteiger partial charge in [-0.3, -0.25) is 4.79 Å². The molecule has 3 rings (SSSR count). The molecule has 2 heterocycles. The van der Waals surface area contributed by atoms with Crippen LogP contribution in [-0.2, 0) is 15.9 Å². The highest BCUT2D eigenvalue weighted by Crippen LogP contribution is 2.39. The molecule has 27 heavy (non-hydrogen) atoms. The second kappa shape index (κ2) is 7.05. The zero-order valence-corrected chi connectivity index (χ0v) is 15.8. The summed E-state index contributed by atoms with van der Waals surface area (Å²) in [6.07, 6.45) is 2.75. The smallest absolute Gasteiger partial charge is 0.398 e. The van der Waals surface area contributed by atoms with Gasteiger partial charge in [-0.2, -0.15) is 0 Å². The molecule has 7 heteroatoms. The summed E-state index contributed by atoms with van der Waals surface area (Å²) in [7, 11) is -1.11. The van der Waals surface area contributed by atoms with E-state index in [-0.39, 0.29) is 12.1 Å². The van der Waals surface area contributed by atoms with Crippen LogP contribution in [0.3, 0.4) is 0 Å². The summed E-state index contributed by atoms with van der Waals surface area (Å²) >= 11 is 0. The zero-order chi connectivity index (χ0) is 19.8. The Bertz CT molecular complexity index is 921. The second-order valence-electron chi connectivity index (χ2n) is 7.64. The zero-order valence-electron chi connectivity index (χ0n) is 15.8. The van der Waals surface area contributed by atoms with Crippen LogP contribution in [-0.4, -0.2) is 22.9 Å². The molecule has 0 saturated carbocycles. The highest BCUT2D eigenvalue weighted by molar-refractivity contribution is 6.54. The molecule has 1 aromatic heterocycles. The number of pyridine rings is 1. The van der Waals surface area contributed by atoms with Crippen molar-refractivity contribution >= 4 is 13.2 Å². The Hall–Kier alpha value is -2.25. The first-order chi connectivity index (χ1) is 12.6. The lowest BCUT2D eigenvalue weighted by Gasteiger charge is -2.32. The third-order valence-electron chi connectivity index (χ3n) is 5.09. The van der Waals surface area contributed by atoms with E-state index in [1.54, 1.807) is 18.2 Å². The van der Waals surface area contributed by atoms with Crippen molar-refractivity contribution in [1.82, 2.24) is 4.57 Å². The summed E-state index contributed by atoms with van der Waals surface area (Å²) in [6.45, 7) is 7.43. The van der Waals surface area contributed by atoms with Crippen LogP contribution in [0.1, 0.15) is 38.8 Å². The molecule has 0 N–H and O–H groups in total. The molecule has 2 aromatic rings. The first-order valence-corrected chi connectivity index (χ1v) is 8.76. The van der Waals surface area contributed by atoms with Gasteiger partial charge in [0.15, 0.2) is 0 Å². The third-order valence-corrected chi connectivity index (χ3v) is 5.09. The molecule has 1 aliphatic heterocycles. The minimum absolute atomic E-state index is 0.0608. The van der Waals surface area contributed by atoms with Crippen LogP contribution in [0, 0.1) is 5.82 Å². The predicted octanol–water partition coefficient (Wildman–Crippen LogP) is 3.98. The minimum atomic E-state index is -1.11. The van der Waals surface area contributed by atoms with E-state index in [0.717, 1.165) is 0 Å². The first kappa shape index (κ1) is 19.5. The van der Waals surface area contributed by atoms with Gasteiger partial charge in [0.05, 0.1) is 17.7 Å². The largest absolute Gasteiger partial charge is 0.525 e. The SMILES string of the molecule is CC1(C)OB(C(F)=Cc2ccc(=O)n(Cc3ccccc3F)c2)OC1(C)C. The molecular weight excluding hydrogens is 351 g/mol. The molecule has 0 spiro atoms. The van der Waals surface area contributed by atoms with Gasteiger partial charge >= 0.3 is 7.12 Å². The molecule has 4 nitrogen and oxygen atoms in total. The number of nitrogens with zero attached hydrogens (tertiary/aromatic N) is 1. The maximum Gasteiger partial charge on any atom is 0.525 e. The average molecular weight is 373 g/mol. The van der Waals surface area contributed by atoms with Crippen LogP contribution in [0.5, 0.6) is 0 Å². The summed E-state index contributed by atoms with van der Waals surface area (Å²) in [6, 6.07) is 9.05. The fourth-order valence-corrected chi connectivity index (χ4v) is 2.75. The topological polar surface area (TPSA) is 40.5 Å². The fraction of sp³-hybridized carbons (Fsp3) is 0.350. The molecule has 1 aromatic carbocycles. The van der Waals surface area contributed by atoms with Gasteiger partial charge in [0.2, 0.25) is 0 Å². The van der Waals surface area contributed by atoms with E-state index < -0.39 is 29.9 Å². The maximum absolute atomic E-state index is 14.7. The summed E-state index contributed by atoms with van der Waals surface area (Å²) in [5.74, 6) is -0.395. The number of hydrogen-bond donors (Lipinski definition) is 0. The van der Waals surface area contributed by atoms with Crippen molar-refractivity contribution in [1.29, 1.82) is 0 Å². The Balaban J connectivity index is 1.85. The van der Waals surface area contributed by atoms with Crippen molar-refractivity contribution in [2.45, 2.75) is 45.4 Å². The van der Waals surface area contributed by atoms with Gasteiger partial charge in [-0.05, 0) is 51.5 Å². The van der Waals surface area contributed by atoms with Gasteiger partial charge in [0, 0.05) is 17.8 Å². The van der Waals surface area contributed by atoms with Gasteiger partial charge in [0.1, 0.15) is 11.5 Å². The number of aromatic nitrogens is 1. The van der Waals surface area contributed by atoms with Crippen molar-refractivity contribution in [3.8, 4) is 0 Å². The molecular formula is C20H22BF2NO3. The summed E-state index contributed by atoms with van der Waals surface area (Å²) in [5, 5.41) is 0. The molecule has 0 aliphatic carbocycles. The highest BCUT2D eigenvalue weighted by atomic mass is 19.1. The molecule has 1 saturated heterocycles. The Morgan fingerprint density at radius 1 is 1.11 bits per heavy atom. The molecule has 0 radical (unpaired) electrons. The molecule has 0 bridgehead atoms. The number of hydrogen-bond acceptors (Lipinski definition) is 3.